The minimum Gasteiger partial charge on any atom is -0.248 e. The Bertz CT molecular complexity index is 491. The van der Waals surface area contributed by atoms with Gasteiger partial charge in [0.25, 0.3) is 5.82 Å². The molecule has 1 heterocycles. The van der Waals surface area contributed by atoms with Gasteiger partial charge in [0.2, 0.25) is 0 Å². The molecule has 0 fully saturated rings. The van der Waals surface area contributed by atoms with E-state index in [-0.39, 0.29) is 0 Å². The van der Waals surface area contributed by atoms with Gasteiger partial charge in [-0.25, -0.2) is 9.55 Å². The summed E-state index contributed by atoms with van der Waals surface area (Å²) in [6.07, 6.45) is 30.3. The summed E-state index contributed by atoms with van der Waals surface area (Å²) in [4.78, 5) is 3.50. The average molecular weight is 420 g/mol. The van der Waals surface area contributed by atoms with Crippen LogP contribution in [-0.2, 0) is 6.42 Å². The van der Waals surface area contributed by atoms with E-state index in [9.17, 15) is 0 Å². The summed E-state index contributed by atoms with van der Waals surface area (Å²) < 4.78 is 2.59. The largest absolute Gasteiger partial charge is 0.251 e. The van der Waals surface area contributed by atoms with E-state index in [1.54, 1.807) is 0 Å². The van der Waals surface area contributed by atoms with Crippen LogP contribution in [0.2, 0.25) is 0 Å². The fraction of sp³-hybridized carbons (Fsp3) is 0.893. The monoisotopic (exact) mass is 419 g/mol. The lowest BCUT2D eigenvalue weighted by Gasteiger charge is -2.12. The average Bonchev–Trinajstić information content (AvgIpc) is 3.11. The number of imidazole rings is 1. The van der Waals surface area contributed by atoms with Gasteiger partial charge in [0.15, 0.2) is 0 Å². The topological polar surface area (TPSA) is 19.7 Å². The first-order chi connectivity index (χ1) is 14.7. The van der Waals surface area contributed by atoms with E-state index in [4.69, 9.17) is 0 Å². The zero-order chi connectivity index (χ0) is 21.9. The van der Waals surface area contributed by atoms with Crippen LogP contribution in [0.4, 0.5) is 0 Å². The molecule has 0 aliphatic heterocycles. The van der Waals surface area contributed by atoms with Crippen LogP contribution >= 0.6 is 0 Å². The fourth-order valence-corrected chi connectivity index (χ4v) is 4.84. The number of nitrogens with zero attached hydrogens (tertiary/aromatic N) is 1. The molecule has 1 N–H and O–H groups in total. The van der Waals surface area contributed by atoms with Crippen LogP contribution in [0.15, 0.2) is 6.20 Å². The number of nitrogens with one attached hydrogen (secondary N) is 1. The van der Waals surface area contributed by atoms with Crippen molar-refractivity contribution in [1.82, 2.24) is 4.98 Å². The summed E-state index contributed by atoms with van der Waals surface area (Å²) >= 11 is 0. The summed E-state index contributed by atoms with van der Waals surface area (Å²) in [5.41, 5.74) is 1.53. The van der Waals surface area contributed by atoms with Crippen LogP contribution in [0.1, 0.15) is 160 Å². The van der Waals surface area contributed by atoms with Crippen molar-refractivity contribution in [1.29, 1.82) is 0 Å². The van der Waals surface area contributed by atoms with Crippen LogP contribution < -0.4 is 4.57 Å². The van der Waals surface area contributed by atoms with Gasteiger partial charge in [-0.15, -0.1) is 0 Å². The number of unbranched alkanes of at least 4 members (excludes halogenated alkanes) is 16. The first-order valence-electron chi connectivity index (χ1n) is 13.8. The van der Waals surface area contributed by atoms with E-state index in [0.717, 1.165) is 0 Å². The predicted octanol–water partition coefficient (Wildman–Crippen LogP) is 9.17. The van der Waals surface area contributed by atoms with Gasteiger partial charge in [0.05, 0.1) is 6.04 Å². The molecular formula is C28H55N2+. The van der Waals surface area contributed by atoms with E-state index in [2.05, 4.69) is 43.4 Å². The van der Waals surface area contributed by atoms with E-state index in [1.165, 1.54) is 140 Å². The Kier molecular flexibility index (Phi) is 17.2. The molecule has 1 unspecified atom stereocenters. The molecule has 0 amide bonds. The molecule has 2 heteroatoms. The highest BCUT2D eigenvalue weighted by molar-refractivity contribution is 4.91. The molecule has 1 aromatic heterocycles. The number of hydrogen-bond acceptors (Lipinski definition) is 0. The van der Waals surface area contributed by atoms with E-state index >= 15 is 0 Å². The first kappa shape index (κ1) is 27.2. The van der Waals surface area contributed by atoms with Crippen molar-refractivity contribution >= 4 is 0 Å². The number of hydrogen-bond donors (Lipinski definition) is 1. The minimum atomic E-state index is 0.634. The second-order valence-electron chi connectivity index (χ2n) is 9.78. The van der Waals surface area contributed by atoms with Gasteiger partial charge < -0.3 is 0 Å². The lowest BCUT2D eigenvalue weighted by molar-refractivity contribution is -0.731. The second kappa shape index (κ2) is 18.9. The van der Waals surface area contributed by atoms with Gasteiger partial charge in [-0.05, 0) is 26.2 Å². The molecule has 0 saturated heterocycles. The maximum Gasteiger partial charge on any atom is 0.251 e. The Balaban J connectivity index is 2.14. The van der Waals surface area contributed by atoms with Gasteiger partial charge >= 0.3 is 0 Å². The van der Waals surface area contributed by atoms with Crippen molar-refractivity contribution in [3.8, 4) is 0 Å². The summed E-state index contributed by atoms with van der Waals surface area (Å²) in [5, 5.41) is 0. The SMILES string of the molecule is CCCCCCCCCCCCc1c[nH]c(C)[n+]1C(C)CCCCCCCCCC. The van der Waals surface area contributed by atoms with Crippen molar-refractivity contribution in [2.75, 3.05) is 0 Å². The molecule has 0 aliphatic rings. The van der Waals surface area contributed by atoms with Crippen molar-refractivity contribution in [3.63, 3.8) is 0 Å². The normalized spacial score (nSPS) is 12.5. The van der Waals surface area contributed by atoms with Crippen molar-refractivity contribution in [3.05, 3.63) is 17.7 Å². The smallest absolute Gasteiger partial charge is 0.248 e. The van der Waals surface area contributed by atoms with Crippen molar-refractivity contribution in [2.45, 2.75) is 162 Å². The molecule has 1 atom stereocenters. The van der Waals surface area contributed by atoms with Gasteiger partial charge in [0.1, 0.15) is 11.9 Å². The quantitative estimate of drug-likeness (QED) is 0.151. The molecule has 1 rings (SSSR count). The zero-order valence-corrected chi connectivity index (χ0v) is 21.2. The summed E-state index contributed by atoms with van der Waals surface area (Å²) in [6.45, 7) is 9.26. The Hall–Kier alpha value is -0.790. The van der Waals surface area contributed by atoms with Gasteiger partial charge in [-0.2, -0.15) is 0 Å². The molecule has 0 spiro atoms. The predicted molar refractivity (Wildman–Crippen MR) is 133 cm³/mol. The Morgan fingerprint density at radius 1 is 0.667 bits per heavy atom. The number of H-pyrrole nitrogens is 1. The number of aromatic amines is 1. The van der Waals surface area contributed by atoms with Crippen molar-refractivity contribution in [2.24, 2.45) is 0 Å². The van der Waals surface area contributed by atoms with E-state index < -0.39 is 0 Å². The molecule has 0 saturated carbocycles. The molecule has 2 nitrogen and oxygen atoms in total. The van der Waals surface area contributed by atoms with Crippen LogP contribution in [0.5, 0.6) is 0 Å². The molecule has 0 bridgehead atoms. The van der Waals surface area contributed by atoms with E-state index in [1.807, 2.05) is 0 Å². The maximum absolute atomic E-state index is 3.50. The van der Waals surface area contributed by atoms with Crippen LogP contribution in [-0.4, -0.2) is 4.98 Å². The molecule has 0 radical (unpaired) electrons. The summed E-state index contributed by atoms with van der Waals surface area (Å²) in [6, 6.07) is 0.634. The summed E-state index contributed by atoms with van der Waals surface area (Å²) in [5.74, 6) is 1.34. The Morgan fingerprint density at radius 2 is 1.10 bits per heavy atom. The fourth-order valence-electron chi connectivity index (χ4n) is 4.84. The van der Waals surface area contributed by atoms with Crippen LogP contribution in [0.25, 0.3) is 0 Å². The Morgan fingerprint density at radius 3 is 1.60 bits per heavy atom. The molecule has 1 aromatic rings. The highest BCUT2D eigenvalue weighted by atomic mass is 15.1. The van der Waals surface area contributed by atoms with Gasteiger partial charge in [-0.1, -0.05) is 117 Å². The standard InChI is InChI=1S/C28H54N2/c1-5-7-9-11-13-15-16-18-20-22-24-28-25-29-27(4)30(28)26(3)23-21-19-17-14-12-10-8-6-2/h25-26H,5-24H2,1-4H3/p+1. The maximum atomic E-state index is 3.50. The lowest BCUT2D eigenvalue weighted by Crippen LogP contribution is -2.42. The molecule has 0 aromatic carbocycles. The molecule has 0 aliphatic carbocycles. The number of aromatic nitrogens is 2. The third kappa shape index (κ3) is 12.8. The van der Waals surface area contributed by atoms with Gasteiger partial charge in [-0.3, -0.25) is 0 Å². The number of rotatable bonds is 21. The highest BCUT2D eigenvalue weighted by Crippen LogP contribution is 2.16. The van der Waals surface area contributed by atoms with Crippen LogP contribution in [0, 0.1) is 6.92 Å². The molecule has 176 valence electrons. The highest BCUT2D eigenvalue weighted by Gasteiger charge is 2.19. The summed E-state index contributed by atoms with van der Waals surface area (Å²) in [7, 11) is 0. The minimum absolute atomic E-state index is 0.634. The third-order valence-electron chi connectivity index (χ3n) is 6.82. The Labute approximate surface area is 189 Å². The van der Waals surface area contributed by atoms with E-state index in [0.29, 0.717) is 6.04 Å². The molecular weight excluding hydrogens is 364 g/mol. The zero-order valence-electron chi connectivity index (χ0n) is 21.2. The second-order valence-corrected chi connectivity index (χ2v) is 9.78. The first-order valence-corrected chi connectivity index (χ1v) is 13.8. The third-order valence-corrected chi connectivity index (χ3v) is 6.82. The van der Waals surface area contributed by atoms with Gasteiger partial charge in [0, 0.05) is 13.3 Å². The van der Waals surface area contributed by atoms with Crippen LogP contribution in [0.3, 0.4) is 0 Å². The molecule has 30 heavy (non-hydrogen) atoms. The lowest BCUT2D eigenvalue weighted by atomic mass is 10.0. The van der Waals surface area contributed by atoms with Crippen molar-refractivity contribution < 1.29 is 4.57 Å². The number of aryl methyl sites for hydroxylation is 2.